The number of aliphatic hydroxyl groups is 1. The van der Waals surface area contributed by atoms with Crippen molar-refractivity contribution in [2.45, 2.75) is 25.5 Å². The molecule has 0 amide bonds. The van der Waals surface area contributed by atoms with E-state index in [4.69, 9.17) is 15.3 Å². The van der Waals surface area contributed by atoms with Crippen LogP contribution in [0.4, 0.5) is 8.78 Å². The van der Waals surface area contributed by atoms with E-state index < -0.39 is 18.9 Å². The lowest BCUT2D eigenvalue weighted by molar-refractivity contribution is 0.124. The van der Waals surface area contributed by atoms with Crippen LogP contribution in [0, 0.1) is 0 Å². The lowest BCUT2D eigenvalue weighted by Gasteiger charge is -2.06. The van der Waals surface area contributed by atoms with E-state index in [0.29, 0.717) is 5.76 Å². The average Bonchev–Trinajstić information content (AvgIpc) is 2.50. The van der Waals surface area contributed by atoms with Gasteiger partial charge in [-0.25, -0.2) is 8.78 Å². The molecule has 0 spiro atoms. The standard InChI is InChI=1S/C8H11F2NO2/c9-8(10)3-6(11)7-2-1-5(4-12)13-7/h1-2,6,8,12H,3-4,11H2/t6-/m0/s1. The molecule has 3 nitrogen and oxygen atoms in total. The predicted molar refractivity (Wildman–Crippen MR) is 42.2 cm³/mol. The predicted octanol–water partition coefficient (Wildman–Crippen LogP) is 1.43. The van der Waals surface area contributed by atoms with Crippen LogP contribution >= 0.6 is 0 Å². The number of aliphatic hydroxyl groups excluding tert-OH is 1. The highest BCUT2D eigenvalue weighted by atomic mass is 19.3. The van der Waals surface area contributed by atoms with Gasteiger partial charge in [-0.1, -0.05) is 0 Å². The molecule has 0 fully saturated rings. The first-order valence-corrected chi connectivity index (χ1v) is 3.86. The van der Waals surface area contributed by atoms with Crippen LogP contribution in [0.1, 0.15) is 24.0 Å². The maximum Gasteiger partial charge on any atom is 0.240 e. The molecule has 0 aliphatic carbocycles. The van der Waals surface area contributed by atoms with Crippen LogP contribution < -0.4 is 5.73 Å². The number of rotatable bonds is 4. The molecule has 0 bridgehead atoms. The third kappa shape index (κ3) is 2.78. The Morgan fingerprint density at radius 3 is 2.62 bits per heavy atom. The summed E-state index contributed by atoms with van der Waals surface area (Å²) >= 11 is 0. The van der Waals surface area contributed by atoms with Gasteiger partial charge in [0.1, 0.15) is 18.1 Å². The number of halogens is 2. The number of nitrogens with two attached hydrogens (primary N) is 1. The van der Waals surface area contributed by atoms with E-state index in [9.17, 15) is 8.78 Å². The maximum atomic E-state index is 11.9. The second kappa shape index (κ2) is 4.34. The van der Waals surface area contributed by atoms with Crippen molar-refractivity contribution in [3.05, 3.63) is 23.7 Å². The molecule has 1 aromatic heterocycles. The van der Waals surface area contributed by atoms with Crippen molar-refractivity contribution in [3.63, 3.8) is 0 Å². The van der Waals surface area contributed by atoms with Crippen molar-refractivity contribution >= 4 is 0 Å². The summed E-state index contributed by atoms with van der Waals surface area (Å²) in [5.74, 6) is 0.615. The third-order valence-electron chi connectivity index (χ3n) is 1.64. The number of furan rings is 1. The summed E-state index contributed by atoms with van der Waals surface area (Å²) in [6.45, 7) is -0.249. The highest BCUT2D eigenvalue weighted by Gasteiger charge is 2.15. The van der Waals surface area contributed by atoms with E-state index in [1.807, 2.05) is 0 Å². The van der Waals surface area contributed by atoms with Gasteiger partial charge < -0.3 is 15.3 Å². The van der Waals surface area contributed by atoms with Gasteiger partial charge in [-0.2, -0.15) is 0 Å². The molecule has 74 valence electrons. The monoisotopic (exact) mass is 191 g/mol. The summed E-state index contributed by atoms with van der Waals surface area (Å²) in [4.78, 5) is 0. The molecule has 0 unspecified atom stereocenters. The highest BCUT2D eigenvalue weighted by Crippen LogP contribution is 2.20. The minimum absolute atomic E-state index is 0.249. The molecule has 0 radical (unpaired) electrons. The second-order valence-electron chi connectivity index (χ2n) is 2.70. The van der Waals surface area contributed by atoms with E-state index >= 15 is 0 Å². The van der Waals surface area contributed by atoms with Gasteiger partial charge in [0.15, 0.2) is 0 Å². The van der Waals surface area contributed by atoms with Crippen LogP contribution in [0.5, 0.6) is 0 Å². The Bertz CT molecular complexity index is 262. The molecule has 1 heterocycles. The molecule has 0 saturated carbocycles. The van der Waals surface area contributed by atoms with Gasteiger partial charge in [-0.15, -0.1) is 0 Å². The zero-order valence-corrected chi connectivity index (χ0v) is 6.91. The Kier molecular flexibility index (Phi) is 3.39. The molecular formula is C8H11F2NO2. The van der Waals surface area contributed by atoms with Crippen LogP contribution in [-0.4, -0.2) is 11.5 Å². The summed E-state index contributed by atoms with van der Waals surface area (Å²) in [5, 5.41) is 8.63. The lowest BCUT2D eigenvalue weighted by atomic mass is 10.2. The molecule has 0 saturated heterocycles. The van der Waals surface area contributed by atoms with E-state index in [2.05, 4.69) is 0 Å². The Morgan fingerprint density at radius 2 is 2.15 bits per heavy atom. The van der Waals surface area contributed by atoms with Gasteiger partial charge >= 0.3 is 0 Å². The molecule has 3 N–H and O–H groups in total. The first-order chi connectivity index (χ1) is 6.13. The summed E-state index contributed by atoms with van der Waals surface area (Å²) < 4.78 is 28.8. The fourth-order valence-corrected chi connectivity index (χ4v) is 0.987. The molecule has 13 heavy (non-hydrogen) atoms. The lowest BCUT2D eigenvalue weighted by Crippen LogP contribution is -2.13. The van der Waals surface area contributed by atoms with Crippen LogP contribution in [0.25, 0.3) is 0 Å². The van der Waals surface area contributed by atoms with Crippen LogP contribution in [0.2, 0.25) is 0 Å². The zero-order valence-electron chi connectivity index (χ0n) is 6.91. The van der Waals surface area contributed by atoms with Gasteiger partial charge in [-0.3, -0.25) is 0 Å². The number of hydrogen-bond acceptors (Lipinski definition) is 3. The maximum absolute atomic E-state index is 11.9. The minimum Gasteiger partial charge on any atom is -0.462 e. The van der Waals surface area contributed by atoms with E-state index in [0.717, 1.165) is 0 Å². The SMILES string of the molecule is N[C@@H](CC(F)F)c1ccc(CO)o1. The Morgan fingerprint density at radius 1 is 1.46 bits per heavy atom. The topological polar surface area (TPSA) is 59.4 Å². The van der Waals surface area contributed by atoms with Gasteiger partial charge in [0, 0.05) is 6.42 Å². The molecule has 1 aromatic rings. The van der Waals surface area contributed by atoms with E-state index in [1.54, 1.807) is 0 Å². The molecule has 5 heteroatoms. The minimum atomic E-state index is -2.45. The quantitative estimate of drug-likeness (QED) is 0.756. The van der Waals surface area contributed by atoms with Gasteiger partial charge in [0.2, 0.25) is 6.43 Å². The van der Waals surface area contributed by atoms with Crippen molar-refractivity contribution in [3.8, 4) is 0 Å². The van der Waals surface area contributed by atoms with Crippen molar-refractivity contribution in [2.24, 2.45) is 5.73 Å². The summed E-state index contributed by atoms with van der Waals surface area (Å²) in [5.41, 5.74) is 5.41. The smallest absolute Gasteiger partial charge is 0.240 e. The molecule has 0 aliphatic heterocycles. The fourth-order valence-electron chi connectivity index (χ4n) is 0.987. The van der Waals surface area contributed by atoms with E-state index in [-0.39, 0.29) is 12.4 Å². The van der Waals surface area contributed by atoms with Crippen LogP contribution in [0.15, 0.2) is 16.5 Å². The molecular weight excluding hydrogens is 180 g/mol. The van der Waals surface area contributed by atoms with Gasteiger partial charge in [0.05, 0.1) is 6.04 Å². The Hall–Kier alpha value is -0.940. The summed E-state index contributed by atoms with van der Waals surface area (Å²) in [7, 11) is 0. The van der Waals surface area contributed by atoms with Crippen LogP contribution in [0.3, 0.4) is 0 Å². The van der Waals surface area contributed by atoms with Crippen molar-refractivity contribution < 1.29 is 18.3 Å². The Balaban J connectivity index is 2.60. The molecule has 0 aliphatic rings. The molecule has 1 atom stereocenters. The fraction of sp³-hybridized carbons (Fsp3) is 0.500. The molecule has 0 aromatic carbocycles. The molecule has 1 rings (SSSR count). The largest absolute Gasteiger partial charge is 0.462 e. The first kappa shape index (κ1) is 10.1. The first-order valence-electron chi connectivity index (χ1n) is 3.86. The number of alkyl halides is 2. The van der Waals surface area contributed by atoms with Crippen LogP contribution in [-0.2, 0) is 6.61 Å². The second-order valence-corrected chi connectivity index (χ2v) is 2.70. The van der Waals surface area contributed by atoms with Crippen molar-refractivity contribution in [1.82, 2.24) is 0 Å². The normalized spacial score (nSPS) is 13.6. The summed E-state index contributed by atoms with van der Waals surface area (Å²) in [6.07, 6.45) is -2.88. The Labute approximate surface area is 74.2 Å². The van der Waals surface area contributed by atoms with Crippen molar-refractivity contribution in [1.29, 1.82) is 0 Å². The van der Waals surface area contributed by atoms with Crippen molar-refractivity contribution in [2.75, 3.05) is 0 Å². The number of hydrogen-bond donors (Lipinski definition) is 2. The zero-order chi connectivity index (χ0) is 9.84. The van der Waals surface area contributed by atoms with Gasteiger partial charge in [-0.05, 0) is 12.1 Å². The third-order valence-corrected chi connectivity index (χ3v) is 1.64. The highest BCUT2D eigenvalue weighted by molar-refractivity contribution is 5.09. The average molecular weight is 191 g/mol. The van der Waals surface area contributed by atoms with E-state index in [1.165, 1.54) is 12.1 Å². The summed E-state index contributed by atoms with van der Waals surface area (Å²) in [6, 6.07) is 2.21. The van der Waals surface area contributed by atoms with Gasteiger partial charge in [0.25, 0.3) is 0 Å².